The molecule has 0 aliphatic rings. The molecule has 12 N–H and O–H groups in total. The van der Waals surface area contributed by atoms with Gasteiger partial charge < -0.3 is 52.3 Å². The summed E-state index contributed by atoms with van der Waals surface area (Å²) in [5, 5.41) is 51.7. The minimum Gasteiger partial charge on any atom is -0.376 e. The Bertz CT molecular complexity index is 1830. The fourth-order valence-corrected chi connectivity index (χ4v) is 5.27. The quantitative estimate of drug-likeness (QED) is 0.0402. The molecule has 0 radical (unpaired) electrons. The lowest BCUT2D eigenvalue weighted by atomic mass is 10.1. The lowest BCUT2D eigenvalue weighted by Gasteiger charge is -2.12. The number of rotatable bonds is 16. The van der Waals surface area contributed by atoms with Gasteiger partial charge in [-0.2, -0.15) is 46.7 Å². The minimum atomic E-state index is -4.85. The Hall–Kier alpha value is -5.34. The van der Waals surface area contributed by atoms with Crippen LogP contribution in [0.4, 0.5) is 47.1 Å². The van der Waals surface area contributed by atoms with Crippen LogP contribution in [-0.4, -0.2) is 103 Å². The number of aliphatic hydroxyl groups excluding tert-OH is 4. The van der Waals surface area contributed by atoms with Crippen molar-refractivity contribution in [3.05, 3.63) is 47.5 Å². The highest BCUT2D eigenvalue weighted by molar-refractivity contribution is 7.86. The number of nitrogens with zero attached hydrogens (tertiary/aromatic N) is 6. The standard InChI is InChI=1S/C24H28N12O10S2/c37-9-25-19-31-20(26-10-38)34-23(33-19)29-15-5-3-13(17(7-15)47(41,42)43)1-2-14-4-6-16(8-18(14)48(44,45)46)30-24-35-21(27-11-39)32-22(36-24)28-12-40/h1-8,37-40H,9-12H2,(H,41,42,43)(H,44,45,46)(H3,25,26,29,31,33,34)(H3,27,28,30,32,35,36)/b2-1+. The number of hydrogen-bond acceptors (Lipinski definition) is 20. The number of nitrogens with one attached hydrogen (secondary N) is 6. The molecule has 0 aliphatic heterocycles. The summed E-state index contributed by atoms with van der Waals surface area (Å²) in [4.78, 5) is 22.6. The number of hydrogen-bond donors (Lipinski definition) is 12. The number of anilines is 8. The second kappa shape index (κ2) is 15.5. The van der Waals surface area contributed by atoms with E-state index in [2.05, 4.69) is 61.8 Å². The number of benzene rings is 2. The smallest absolute Gasteiger partial charge is 0.295 e. The molecule has 0 fully saturated rings. The summed E-state index contributed by atoms with van der Waals surface area (Å²) in [6, 6.07) is 7.43. The molecule has 0 spiro atoms. The van der Waals surface area contributed by atoms with Crippen molar-refractivity contribution in [1.82, 2.24) is 29.9 Å². The molecule has 24 heteroatoms. The van der Waals surface area contributed by atoms with Crippen LogP contribution in [0.2, 0.25) is 0 Å². The van der Waals surface area contributed by atoms with E-state index in [-0.39, 0.29) is 58.2 Å². The van der Waals surface area contributed by atoms with E-state index < -0.39 is 57.0 Å². The predicted molar refractivity (Wildman–Crippen MR) is 170 cm³/mol. The third kappa shape index (κ3) is 9.59. The van der Waals surface area contributed by atoms with E-state index in [4.69, 9.17) is 20.4 Å². The Morgan fingerprint density at radius 2 is 0.792 bits per heavy atom. The molecule has 2 heterocycles. The number of aliphatic hydroxyl groups is 4. The molecule has 0 unspecified atom stereocenters. The van der Waals surface area contributed by atoms with Gasteiger partial charge in [0.25, 0.3) is 20.2 Å². The molecular weight excluding hydrogens is 680 g/mol. The second-order valence-electron chi connectivity index (χ2n) is 8.99. The van der Waals surface area contributed by atoms with Gasteiger partial charge in [-0.25, -0.2) is 0 Å². The van der Waals surface area contributed by atoms with E-state index in [1.165, 1.54) is 36.4 Å². The zero-order valence-corrected chi connectivity index (χ0v) is 25.9. The lowest BCUT2D eigenvalue weighted by Crippen LogP contribution is -2.12. The minimum absolute atomic E-state index is 0.0783. The summed E-state index contributed by atoms with van der Waals surface area (Å²) in [6.07, 6.45) is 2.37. The Morgan fingerprint density at radius 3 is 1.06 bits per heavy atom. The Balaban J connectivity index is 1.66. The first-order valence-electron chi connectivity index (χ1n) is 13.2. The van der Waals surface area contributed by atoms with E-state index in [0.29, 0.717) is 0 Å². The summed E-state index contributed by atoms with van der Waals surface area (Å²) in [5.41, 5.74) is 0.00633. The third-order valence-electron chi connectivity index (χ3n) is 5.76. The maximum atomic E-state index is 12.3. The summed E-state index contributed by atoms with van der Waals surface area (Å²) < 4.78 is 69.1. The first-order valence-corrected chi connectivity index (χ1v) is 16.1. The Labute approximate surface area is 271 Å². The molecule has 0 aliphatic carbocycles. The molecule has 256 valence electrons. The van der Waals surface area contributed by atoms with E-state index >= 15 is 0 Å². The van der Waals surface area contributed by atoms with Crippen LogP contribution in [0.15, 0.2) is 46.2 Å². The fourth-order valence-electron chi connectivity index (χ4n) is 3.85. The van der Waals surface area contributed by atoms with Crippen molar-refractivity contribution in [3.63, 3.8) is 0 Å². The maximum Gasteiger partial charge on any atom is 0.295 e. The van der Waals surface area contributed by atoms with Gasteiger partial charge in [0.2, 0.25) is 35.7 Å². The summed E-state index contributed by atoms with van der Waals surface area (Å²) in [7, 11) is -9.71. The molecule has 22 nitrogen and oxygen atoms in total. The van der Waals surface area contributed by atoms with Crippen molar-refractivity contribution < 1.29 is 46.4 Å². The van der Waals surface area contributed by atoms with Crippen molar-refractivity contribution >= 4 is 79.5 Å². The van der Waals surface area contributed by atoms with Gasteiger partial charge >= 0.3 is 0 Å². The molecule has 4 aromatic rings. The van der Waals surface area contributed by atoms with Crippen LogP contribution in [0, 0.1) is 0 Å². The van der Waals surface area contributed by atoms with Gasteiger partial charge in [0.15, 0.2) is 0 Å². The Morgan fingerprint density at radius 1 is 0.500 bits per heavy atom. The van der Waals surface area contributed by atoms with Crippen LogP contribution in [0.25, 0.3) is 12.2 Å². The summed E-state index contributed by atoms with van der Waals surface area (Å²) in [6.45, 7) is -2.10. The van der Waals surface area contributed by atoms with Gasteiger partial charge in [-0.1, -0.05) is 24.3 Å². The monoisotopic (exact) mass is 708 g/mol. The van der Waals surface area contributed by atoms with Crippen LogP contribution >= 0.6 is 0 Å². The van der Waals surface area contributed by atoms with E-state index in [0.717, 1.165) is 12.1 Å². The predicted octanol–water partition coefficient (Wildman–Crippen LogP) is -0.346. The first-order chi connectivity index (χ1) is 22.8. The SMILES string of the molecule is O=S(=O)(O)c1cc(Nc2nc(NCO)nc(NCO)n2)ccc1/C=C/c1ccc(Nc2nc(NCO)nc(NCO)n2)cc1S(=O)(=O)O. The normalized spacial score (nSPS) is 11.7. The molecule has 0 saturated carbocycles. The van der Waals surface area contributed by atoms with Crippen molar-refractivity contribution in [2.75, 3.05) is 58.8 Å². The molecule has 2 aromatic heterocycles. The van der Waals surface area contributed by atoms with E-state index in [1.54, 1.807) is 0 Å². The molecule has 0 atom stereocenters. The summed E-state index contributed by atoms with van der Waals surface area (Å²) >= 11 is 0. The van der Waals surface area contributed by atoms with Gasteiger partial charge in [-0.15, -0.1) is 0 Å². The van der Waals surface area contributed by atoms with Crippen LogP contribution in [-0.2, 0) is 20.2 Å². The molecule has 4 rings (SSSR count). The third-order valence-corrected chi connectivity index (χ3v) is 7.58. The van der Waals surface area contributed by atoms with Gasteiger partial charge in [0.05, 0.1) is 0 Å². The highest BCUT2D eigenvalue weighted by Gasteiger charge is 2.19. The molecular formula is C24H28N12O10S2. The van der Waals surface area contributed by atoms with Gasteiger partial charge in [-0.3, -0.25) is 9.11 Å². The van der Waals surface area contributed by atoms with E-state index in [1.807, 2.05) is 0 Å². The van der Waals surface area contributed by atoms with Crippen LogP contribution in [0.1, 0.15) is 11.1 Å². The molecule has 0 bridgehead atoms. The average molecular weight is 709 g/mol. The molecule has 2 aromatic carbocycles. The first kappa shape index (κ1) is 35.5. The van der Waals surface area contributed by atoms with Gasteiger partial charge in [0, 0.05) is 11.4 Å². The molecule has 0 amide bonds. The largest absolute Gasteiger partial charge is 0.376 e. The highest BCUT2D eigenvalue weighted by Crippen LogP contribution is 2.28. The number of aromatic nitrogens is 6. The molecule has 0 saturated heterocycles. The fraction of sp³-hybridized carbons (Fsp3) is 0.167. The van der Waals surface area contributed by atoms with Gasteiger partial charge in [-0.05, 0) is 35.4 Å². The molecule has 48 heavy (non-hydrogen) atoms. The highest BCUT2D eigenvalue weighted by atomic mass is 32.2. The lowest BCUT2D eigenvalue weighted by molar-refractivity contribution is 0.322. The van der Waals surface area contributed by atoms with Crippen molar-refractivity contribution in [2.24, 2.45) is 0 Å². The van der Waals surface area contributed by atoms with Crippen LogP contribution < -0.4 is 31.9 Å². The zero-order valence-electron chi connectivity index (χ0n) is 24.3. The average Bonchev–Trinajstić information content (AvgIpc) is 3.00. The van der Waals surface area contributed by atoms with Crippen molar-refractivity contribution in [3.8, 4) is 0 Å². The van der Waals surface area contributed by atoms with Crippen LogP contribution in [0.3, 0.4) is 0 Å². The van der Waals surface area contributed by atoms with Crippen molar-refractivity contribution in [2.45, 2.75) is 9.79 Å². The van der Waals surface area contributed by atoms with Gasteiger partial charge in [0.1, 0.15) is 36.7 Å². The maximum absolute atomic E-state index is 12.3. The van der Waals surface area contributed by atoms with Crippen molar-refractivity contribution in [1.29, 1.82) is 0 Å². The second-order valence-corrected chi connectivity index (χ2v) is 11.8. The summed E-state index contributed by atoms with van der Waals surface area (Å²) in [5.74, 6) is -0.611. The van der Waals surface area contributed by atoms with E-state index in [9.17, 15) is 25.9 Å². The Kier molecular flexibility index (Phi) is 11.5. The topological polar surface area (TPSA) is 339 Å². The zero-order chi connectivity index (χ0) is 34.9. The van der Waals surface area contributed by atoms with Crippen LogP contribution in [0.5, 0.6) is 0 Å².